The van der Waals surface area contributed by atoms with E-state index in [-0.39, 0.29) is 34.4 Å². The van der Waals surface area contributed by atoms with Crippen LogP contribution in [0.5, 0.6) is 0 Å². The van der Waals surface area contributed by atoms with E-state index in [0.29, 0.717) is 0 Å². The SMILES string of the molecule is Cc1ccc2c(c1)[CH]([Zr+2]([C]1=C(c3ccccc3)C(c3ccccc3)=C(c3ccccc3)C1c1ccccc1)=[C](c1ccccc1)c1ccccc1)c1cc(C)ccc1-2.[Cl-].[Cl-]. The second-order valence-electron chi connectivity index (χ2n) is 15.7. The van der Waals surface area contributed by atoms with Crippen molar-refractivity contribution in [3.63, 3.8) is 0 Å². The van der Waals surface area contributed by atoms with Crippen LogP contribution in [0, 0.1) is 13.8 Å². The fourth-order valence-corrected chi connectivity index (χ4v) is 19.7. The van der Waals surface area contributed by atoms with E-state index in [0.717, 1.165) is 0 Å². The molecule has 1 unspecified atom stereocenters. The van der Waals surface area contributed by atoms with Gasteiger partial charge in [-0.05, 0) is 0 Å². The molecule has 1 atom stereocenters. The van der Waals surface area contributed by atoms with Crippen molar-refractivity contribution in [2.45, 2.75) is 23.4 Å². The fourth-order valence-electron chi connectivity index (χ4n) is 9.64. The number of aryl methyl sites for hydroxylation is 2. The molecular weight excluding hydrogens is 847 g/mol. The van der Waals surface area contributed by atoms with Gasteiger partial charge in [-0.25, -0.2) is 0 Å². The number of allylic oxidation sites excluding steroid dienone is 4. The predicted molar refractivity (Wildman–Crippen MR) is 242 cm³/mol. The summed E-state index contributed by atoms with van der Waals surface area (Å²) in [7, 11) is 0. The Labute approximate surface area is 375 Å². The number of benzene rings is 8. The minimum Gasteiger partial charge on any atom is -1.00 e. The van der Waals surface area contributed by atoms with Crippen LogP contribution in [0.25, 0.3) is 27.8 Å². The standard InChI is InChI=1S/C29H21.C15H13.C13H10.2ClH.Zr/c1-5-13-22(14-6-1)26-21-27(23-15-7-2-8-16-23)29(25-19-11-4-12-20-25)28(26)24-17-9-3-10-18-24;1-10-3-5-14-12(7-10)9-13-8-11(2)4-6-15(13)14;1-3-7-12(8-4-1)11-13-9-5-2-6-10-13;;;/h1-20,26H;3-9H,1-2H3;1-10H;2*1H;/q;;;;;+2/p-2. The summed E-state index contributed by atoms with van der Waals surface area (Å²) >= 11 is -3.43. The molecule has 8 aromatic carbocycles. The first-order valence-corrected chi connectivity index (χ1v) is 24.3. The van der Waals surface area contributed by atoms with Crippen LogP contribution in [-0.4, -0.2) is 3.21 Å². The molecule has 0 aromatic heterocycles. The summed E-state index contributed by atoms with van der Waals surface area (Å²) in [5.74, 6) is 0.0351. The van der Waals surface area contributed by atoms with Crippen molar-refractivity contribution in [3.8, 4) is 11.1 Å². The largest absolute Gasteiger partial charge is 1.00 e. The molecule has 290 valence electrons. The maximum Gasteiger partial charge on any atom is -1.00 e. The van der Waals surface area contributed by atoms with E-state index in [2.05, 4.69) is 232 Å². The van der Waals surface area contributed by atoms with Crippen molar-refractivity contribution in [2.24, 2.45) is 0 Å². The average Bonchev–Trinajstić information content (AvgIpc) is 3.80. The van der Waals surface area contributed by atoms with Gasteiger partial charge in [0, 0.05) is 0 Å². The maximum atomic E-state index is 2.53. The molecule has 8 aromatic rings. The Bertz CT molecular complexity index is 2770. The summed E-state index contributed by atoms with van der Waals surface area (Å²) in [5, 5.41) is 0. The van der Waals surface area contributed by atoms with Crippen LogP contribution in [0.2, 0.25) is 0 Å². The van der Waals surface area contributed by atoms with Gasteiger partial charge in [0.25, 0.3) is 0 Å². The zero-order valence-corrected chi connectivity index (χ0v) is 37.7. The molecular formula is C57H44Cl2Zr. The van der Waals surface area contributed by atoms with Gasteiger partial charge in [-0.1, -0.05) is 0 Å². The Balaban J connectivity index is 0.00000249. The van der Waals surface area contributed by atoms with Crippen LogP contribution >= 0.6 is 0 Å². The number of hydrogen-bond donors (Lipinski definition) is 0. The molecule has 2 aliphatic rings. The van der Waals surface area contributed by atoms with Gasteiger partial charge in [-0.15, -0.1) is 0 Å². The first kappa shape index (κ1) is 41.3. The van der Waals surface area contributed by atoms with E-state index in [4.69, 9.17) is 0 Å². The Kier molecular flexibility index (Phi) is 12.4. The molecule has 0 amide bonds. The fraction of sp³-hybridized carbons (Fsp3) is 0.0702. The Morgan fingerprint density at radius 2 is 0.783 bits per heavy atom. The first-order valence-electron chi connectivity index (χ1n) is 20.4. The molecule has 0 heterocycles. The van der Waals surface area contributed by atoms with Crippen molar-refractivity contribution < 1.29 is 46.1 Å². The second kappa shape index (κ2) is 18.0. The molecule has 0 spiro atoms. The van der Waals surface area contributed by atoms with E-state index in [9.17, 15) is 0 Å². The van der Waals surface area contributed by atoms with Gasteiger partial charge in [0.1, 0.15) is 0 Å². The Morgan fingerprint density at radius 1 is 0.400 bits per heavy atom. The summed E-state index contributed by atoms with van der Waals surface area (Å²) < 4.78 is 3.41. The van der Waals surface area contributed by atoms with Gasteiger partial charge in [0.2, 0.25) is 0 Å². The van der Waals surface area contributed by atoms with Gasteiger partial charge in [0.15, 0.2) is 0 Å². The van der Waals surface area contributed by atoms with E-state index >= 15 is 0 Å². The smallest absolute Gasteiger partial charge is 1.00 e. The molecule has 0 saturated heterocycles. The summed E-state index contributed by atoms with van der Waals surface area (Å²) in [5.41, 5.74) is 20.4. The number of rotatable bonds is 8. The zero-order chi connectivity index (χ0) is 39.0. The monoisotopic (exact) mass is 888 g/mol. The number of hydrogen-bond acceptors (Lipinski definition) is 0. The van der Waals surface area contributed by atoms with Crippen LogP contribution in [0.3, 0.4) is 0 Å². The number of halogens is 2. The van der Waals surface area contributed by atoms with Crippen LogP contribution in [0.1, 0.15) is 65.2 Å². The molecule has 10 rings (SSSR count). The molecule has 2 aliphatic carbocycles. The van der Waals surface area contributed by atoms with E-state index in [1.54, 1.807) is 6.49 Å². The first-order chi connectivity index (χ1) is 28.7. The maximum absolute atomic E-state index is 3.43. The zero-order valence-electron chi connectivity index (χ0n) is 33.7. The van der Waals surface area contributed by atoms with Gasteiger partial charge in [0.05, 0.1) is 0 Å². The van der Waals surface area contributed by atoms with Crippen LogP contribution in [0.4, 0.5) is 0 Å². The quantitative estimate of drug-likeness (QED) is 0.145. The predicted octanol–water partition coefficient (Wildman–Crippen LogP) is 8.09. The van der Waals surface area contributed by atoms with E-state index < -0.39 is 21.3 Å². The second-order valence-corrected chi connectivity index (χ2v) is 21.7. The normalized spacial score (nSPS) is 14.1. The third-order valence-electron chi connectivity index (χ3n) is 12.0. The molecule has 0 N–H and O–H groups in total. The molecule has 0 radical (unpaired) electrons. The third-order valence-corrected chi connectivity index (χ3v) is 20.4. The molecule has 0 bridgehead atoms. The third kappa shape index (κ3) is 7.50. The summed E-state index contributed by atoms with van der Waals surface area (Å²) in [6, 6.07) is 82.6. The van der Waals surface area contributed by atoms with E-state index in [1.807, 2.05) is 0 Å². The van der Waals surface area contributed by atoms with Crippen molar-refractivity contribution >= 4 is 19.9 Å². The molecule has 3 heteroatoms. The minimum absolute atomic E-state index is 0. The van der Waals surface area contributed by atoms with Gasteiger partial charge < -0.3 is 24.8 Å². The van der Waals surface area contributed by atoms with Crippen LogP contribution in [-0.2, 0) is 21.3 Å². The summed E-state index contributed by atoms with van der Waals surface area (Å²) in [4.78, 5) is 0. The molecule has 0 saturated carbocycles. The van der Waals surface area contributed by atoms with Crippen molar-refractivity contribution in [3.05, 3.63) is 277 Å². The topological polar surface area (TPSA) is 0 Å². The van der Waals surface area contributed by atoms with Gasteiger partial charge >= 0.3 is 353 Å². The molecule has 60 heavy (non-hydrogen) atoms. The van der Waals surface area contributed by atoms with Crippen molar-refractivity contribution in [2.75, 3.05) is 0 Å². The van der Waals surface area contributed by atoms with Crippen molar-refractivity contribution in [1.82, 2.24) is 0 Å². The summed E-state index contributed by atoms with van der Waals surface area (Å²) in [6.45, 7) is 4.54. The molecule has 0 aliphatic heterocycles. The summed E-state index contributed by atoms with van der Waals surface area (Å²) in [6.07, 6.45) is 0. The average molecular weight is 891 g/mol. The van der Waals surface area contributed by atoms with Crippen molar-refractivity contribution in [1.29, 1.82) is 0 Å². The minimum atomic E-state index is -3.43. The molecule has 0 nitrogen and oxygen atoms in total. The van der Waals surface area contributed by atoms with Crippen LogP contribution < -0.4 is 24.8 Å². The van der Waals surface area contributed by atoms with E-state index in [1.165, 1.54) is 83.5 Å². The van der Waals surface area contributed by atoms with Gasteiger partial charge in [-0.2, -0.15) is 0 Å². The Morgan fingerprint density at radius 3 is 1.23 bits per heavy atom. The van der Waals surface area contributed by atoms with Gasteiger partial charge in [-0.3, -0.25) is 0 Å². The Hall–Kier alpha value is -5.43. The number of fused-ring (bicyclic) bond motifs is 3. The molecule has 0 fully saturated rings. The van der Waals surface area contributed by atoms with Crippen LogP contribution in [0.15, 0.2) is 222 Å².